The third-order valence-electron chi connectivity index (χ3n) is 3.63. The lowest BCUT2D eigenvalue weighted by Crippen LogP contribution is -2.20. The molecule has 0 aromatic heterocycles. The van der Waals surface area contributed by atoms with Crippen molar-refractivity contribution in [2.75, 3.05) is 0 Å². The summed E-state index contributed by atoms with van der Waals surface area (Å²) in [5.74, 6) is -0.336. The molecule has 0 heterocycles. The number of hydrogen-bond donors (Lipinski definition) is 1. The van der Waals surface area contributed by atoms with Gasteiger partial charge in [0.1, 0.15) is 0 Å². The number of amidine groups is 1. The number of aliphatic hydroxyl groups is 1. The normalized spacial score (nSPS) is 18.2. The zero-order valence-corrected chi connectivity index (χ0v) is 11.9. The molecule has 0 amide bonds. The molecular weight excluding hydrogens is 272 g/mol. The van der Waals surface area contributed by atoms with Gasteiger partial charge in [-0.25, -0.2) is 0 Å². The average Bonchev–Trinajstić information content (AvgIpc) is 2.52. The first-order valence-corrected chi connectivity index (χ1v) is 7.27. The van der Waals surface area contributed by atoms with Gasteiger partial charge in [-0.15, -0.1) is 0 Å². The Bertz CT molecular complexity index is 484. The maximum atomic E-state index is 11.0. The predicted molar refractivity (Wildman–Crippen MR) is 78.4 cm³/mol. The Labute approximate surface area is 123 Å². The van der Waals surface area contributed by atoms with Gasteiger partial charge in [-0.2, -0.15) is 0 Å². The van der Waals surface area contributed by atoms with Crippen molar-refractivity contribution < 1.29 is 14.9 Å². The molecule has 1 aromatic carbocycles. The summed E-state index contributed by atoms with van der Waals surface area (Å²) in [7, 11) is 0. The van der Waals surface area contributed by atoms with Gasteiger partial charge in [0.15, 0.2) is 11.3 Å². The molecule has 1 aromatic rings. The van der Waals surface area contributed by atoms with Crippen LogP contribution in [0.5, 0.6) is 0 Å². The highest BCUT2D eigenvalue weighted by atomic mass is 16.7. The molecule has 6 heteroatoms. The highest BCUT2D eigenvalue weighted by molar-refractivity contribution is 5.74. The van der Waals surface area contributed by atoms with Crippen molar-refractivity contribution in [1.82, 2.24) is 0 Å². The number of aliphatic hydroxyl groups excluding tert-OH is 1. The maximum absolute atomic E-state index is 11.0. The summed E-state index contributed by atoms with van der Waals surface area (Å²) >= 11 is 0. The third kappa shape index (κ3) is 4.82. The third-order valence-corrected chi connectivity index (χ3v) is 3.63. The minimum absolute atomic E-state index is 0.0393. The molecule has 6 nitrogen and oxygen atoms in total. The molecule has 1 atom stereocenters. The smallest absolute Gasteiger partial charge is 0.388 e. The van der Waals surface area contributed by atoms with Gasteiger partial charge in [-0.1, -0.05) is 36.8 Å². The number of oxime groups is 1. The Morgan fingerprint density at radius 1 is 1.33 bits per heavy atom. The summed E-state index contributed by atoms with van der Waals surface area (Å²) < 4.78 is 0. The van der Waals surface area contributed by atoms with Crippen molar-refractivity contribution in [3.8, 4) is 0 Å². The van der Waals surface area contributed by atoms with Crippen molar-refractivity contribution in [3.63, 3.8) is 0 Å². The number of benzene rings is 1. The zero-order chi connectivity index (χ0) is 15.1. The SMILES string of the molecule is O=[N+]([O-])/C(CC(O)c1ccccc1)=N\OC1CCCCC1. The van der Waals surface area contributed by atoms with E-state index in [0.29, 0.717) is 5.56 Å². The minimum Gasteiger partial charge on any atom is -0.388 e. The van der Waals surface area contributed by atoms with Crippen LogP contribution in [0.15, 0.2) is 35.5 Å². The molecule has 0 aliphatic heterocycles. The van der Waals surface area contributed by atoms with E-state index in [9.17, 15) is 15.2 Å². The van der Waals surface area contributed by atoms with E-state index in [-0.39, 0.29) is 18.4 Å². The van der Waals surface area contributed by atoms with Crippen LogP contribution in [0.4, 0.5) is 0 Å². The van der Waals surface area contributed by atoms with Crippen LogP contribution in [-0.4, -0.2) is 22.0 Å². The lowest BCUT2D eigenvalue weighted by molar-refractivity contribution is -0.357. The van der Waals surface area contributed by atoms with Gasteiger partial charge in [0, 0.05) is 0 Å². The van der Waals surface area contributed by atoms with E-state index in [4.69, 9.17) is 4.84 Å². The van der Waals surface area contributed by atoms with Crippen LogP contribution in [0.3, 0.4) is 0 Å². The summed E-state index contributed by atoms with van der Waals surface area (Å²) in [5.41, 5.74) is 0.629. The van der Waals surface area contributed by atoms with Crippen LogP contribution in [0.1, 0.15) is 50.2 Å². The molecule has 1 N–H and O–H groups in total. The van der Waals surface area contributed by atoms with Gasteiger partial charge in [0.2, 0.25) is 0 Å². The summed E-state index contributed by atoms with van der Waals surface area (Å²) in [4.78, 5) is 15.7. The summed E-state index contributed by atoms with van der Waals surface area (Å²) in [6.07, 6.45) is 3.93. The maximum Gasteiger partial charge on any atom is 0.388 e. The standard InChI is InChI=1S/C15H20N2O4/c18-14(12-7-3-1-4-8-12)11-15(17(19)20)16-21-13-9-5-2-6-10-13/h1,3-4,7-8,13-14,18H,2,5-6,9-11H2/b16-15-. The van der Waals surface area contributed by atoms with E-state index in [1.54, 1.807) is 24.3 Å². The van der Waals surface area contributed by atoms with Crippen LogP contribution in [0, 0.1) is 10.1 Å². The van der Waals surface area contributed by atoms with Crippen LogP contribution in [0.25, 0.3) is 0 Å². The van der Waals surface area contributed by atoms with Gasteiger partial charge in [-0.05, 0) is 36.2 Å². The Morgan fingerprint density at radius 2 is 2.00 bits per heavy atom. The second-order valence-corrected chi connectivity index (χ2v) is 5.26. The molecular formula is C15H20N2O4. The number of nitrogens with zero attached hydrogens (tertiary/aromatic N) is 2. The Hall–Kier alpha value is -1.95. The fraction of sp³-hybridized carbons (Fsp3) is 0.533. The van der Waals surface area contributed by atoms with E-state index < -0.39 is 11.0 Å². The highest BCUT2D eigenvalue weighted by Gasteiger charge is 2.23. The van der Waals surface area contributed by atoms with E-state index in [1.807, 2.05) is 6.07 Å². The molecule has 1 unspecified atom stereocenters. The number of rotatable bonds is 5. The largest absolute Gasteiger partial charge is 0.388 e. The molecule has 114 valence electrons. The molecule has 1 aliphatic carbocycles. The number of nitro groups is 1. The van der Waals surface area contributed by atoms with Gasteiger partial charge in [-0.3, -0.25) is 4.84 Å². The molecule has 0 spiro atoms. The van der Waals surface area contributed by atoms with E-state index in [1.165, 1.54) is 6.42 Å². The average molecular weight is 292 g/mol. The van der Waals surface area contributed by atoms with Gasteiger partial charge >= 0.3 is 5.84 Å². The molecule has 0 radical (unpaired) electrons. The lowest BCUT2D eigenvalue weighted by atomic mass is 9.98. The molecule has 2 rings (SSSR count). The molecule has 1 saturated carbocycles. The summed E-state index contributed by atoms with van der Waals surface area (Å²) in [6, 6.07) is 8.83. The Balaban J connectivity index is 1.96. The minimum atomic E-state index is -0.953. The van der Waals surface area contributed by atoms with Crippen LogP contribution in [0.2, 0.25) is 0 Å². The van der Waals surface area contributed by atoms with E-state index in [2.05, 4.69) is 5.16 Å². The predicted octanol–water partition coefficient (Wildman–Crippen LogP) is 3.05. The fourth-order valence-corrected chi connectivity index (χ4v) is 2.42. The second-order valence-electron chi connectivity index (χ2n) is 5.26. The van der Waals surface area contributed by atoms with Crippen LogP contribution < -0.4 is 0 Å². The van der Waals surface area contributed by atoms with Crippen molar-refractivity contribution in [2.24, 2.45) is 5.16 Å². The highest BCUT2D eigenvalue weighted by Crippen LogP contribution is 2.21. The fourth-order valence-electron chi connectivity index (χ4n) is 2.42. The zero-order valence-electron chi connectivity index (χ0n) is 11.9. The first-order valence-electron chi connectivity index (χ1n) is 7.27. The topological polar surface area (TPSA) is 85.0 Å². The van der Waals surface area contributed by atoms with Crippen LogP contribution >= 0.6 is 0 Å². The first-order chi connectivity index (χ1) is 10.2. The van der Waals surface area contributed by atoms with Gasteiger partial charge < -0.3 is 15.2 Å². The first kappa shape index (κ1) is 15.4. The van der Waals surface area contributed by atoms with Gasteiger partial charge in [0.05, 0.1) is 12.5 Å². The van der Waals surface area contributed by atoms with Crippen LogP contribution in [-0.2, 0) is 4.84 Å². The quantitative estimate of drug-likeness (QED) is 0.391. The molecule has 1 fully saturated rings. The second kappa shape index (κ2) is 7.73. The summed E-state index contributed by atoms with van der Waals surface area (Å²) in [5, 5.41) is 24.7. The van der Waals surface area contributed by atoms with Gasteiger partial charge in [0.25, 0.3) is 0 Å². The van der Waals surface area contributed by atoms with Crippen molar-refractivity contribution in [1.29, 1.82) is 0 Å². The monoisotopic (exact) mass is 292 g/mol. The Kier molecular flexibility index (Phi) is 5.68. The molecule has 0 saturated heterocycles. The van der Waals surface area contributed by atoms with Crippen molar-refractivity contribution >= 4 is 5.84 Å². The molecule has 1 aliphatic rings. The number of hydrogen-bond acceptors (Lipinski definition) is 5. The Morgan fingerprint density at radius 3 is 2.62 bits per heavy atom. The molecule has 0 bridgehead atoms. The lowest BCUT2D eigenvalue weighted by Gasteiger charge is -2.16. The van der Waals surface area contributed by atoms with E-state index >= 15 is 0 Å². The van der Waals surface area contributed by atoms with Crippen molar-refractivity contribution in [2.45, 2.75) is 50.7 Å². The van der Waals surface area contributed by atoms with Crippen molar-refractivity contribution in [3.05, 3.63) is 46.0 Å². The van der Waals surface area contributed by atoms with E-state index in [0.717, 1.165) is 25.7 Å². The summed E-state index contributed by atoms with van der Waals surface area (Å²) in [6.45, 7) is 0. The molecule has 21 heavy (non-hydrogen) atoms.